The van der Waals surface area contributed by atoms with Crippen molar-refractivity contribution in [1.82, 2.24) is 19.8 Å². The van der Waals surface area contributed by atoms with Gasteiger partial charge in [-0.1, -0.05) is 6.58 Å². The average Bonchev–Trinajstić information content (AvgIpc) is 3.40. The Labute approximate surface area is 257 Å². The minimum Gasteiger partial charge on any atom is -0.462 e. The average molecular weight is 636 g/mol. The van der Waals surface area contributed by atoms with Gasteiger partial charge in [0, 0.05) is 43.2 Å². The fourth-order valence-electron chi connectivity index (χ4n) is 6.38. The number of fused-ring (bicyclic) bond motifs is 1. The molecule has 0 bridgehead atoms. The number of carbonyl (C=O) groups excluding carboxylic acids is 1. The molecular weight excluding hydrogens is 601 g/mol. The highest BCUT2D eigenvalue weighted by atomic mass is 19.4. The number of nitrogens with two attached hydrogens (primary N) is 1. The third-order valence-corrected chi connectivity index (χ3v) is 8.67. The second kappa shape index (κ2) is 12.8. The Morgan fingerprint density at radius 3 is 2.67 bits per heavy atom. The fraction of sp³-hybridized carbons (Fsp3) is 0.533. The van der Waals surface area contributed by atoms with Crippen LogP contribution in [0.2, 0.25) is 0 Å². The lowest BCUT2D eigenvalue weighted by Gasteiger charge is -2.42. The maximum Gasteiger partial charge on any atom is 0.417 e. The second-order valence-corrected chi connectivity index (χ2v) is 11.6. The van der Waals surface area contributed by atoms with Crippen molar-refractivity contribution >= 4 is 17.4 Å². The number of anilines is 2. The second-order valence-electron chi connectivity index (χ2n) is 11.6. The fourth-order valence-corrected chi connectivity index (χ4v) is 6.38. The van der Waals surface area contributed by atoms with Crippen molar-refractivity contribution in [2.24, 2.45) is 0 Å². The Morgan fingerprint density at radius 1 is 1.27 bits per heavy atom. The molecule has 45 heavy (non-hydrogen) atoms. The molecule has 1 aromatic heterocycles. The summed E-state index contributed by atoms with van der Waals surface area (Å²) >= 11 is 0. The summed E-state index contributed by atoms with van der Waals surface area (Å²) in [5.74, 6) is -2.90. The molecule has 3 aliphatic heterocycles. The molecule has 4 heterocycles. The maximum atomic E-state index is 15.3. The van der Waals surface area contributed by atoms with Crippen LogP contribution in [0.4, 0.5) is 33.5 Å². The SMILES string of the molecule is C=C(F)C(=O)N1CCN(c2nc(OCC3CCCN3C)nc3c2COC(c2c(F)c(N)cc(C)c2C(F)(F)F)C3)CC1CC#N. The van der Waals surface area contributed by atoms with Crippen LogP contribution in [0.25, 0.3) is 0 Å². The number of carbonyl (C=O) groups is 1. The summed E-state index contributed by atoms with van der Waals surface area (Å²) < 4.78 is 83.5. The number of hydrogen-bond donors (Lipinski definition) is 1. The number of likely N-dealkylation sites (N-methyl/N-ethyl adjacent to an activating group) is 1. The van der Waals surface area contributed by atoms with E-state index in [2.05, 4.69) is 21.4 Å². The summed E-state index contributed by atoms with van der Waals surface area (Å²) in [5.41, 5.74) is 4.02. The zero-order valence-electron chi connectivity index (χ0n) is 25.0. The van der Waals surface area contributed by atoms with E-state index in [9.17, 15) is 27.6 Å². The van der Waals surface area contributed by atoms with Crippen molar-refractivity contribution in [3.8, 4) is 12.1 Å². The molecule has 2 saturated heterocycles. The van der Waals surface area contributed by atoms with Gasteiger partial charge in [-0.2, -0.15) is 28.4 Å². The quantitative estimate of drug-likeness (QED) is 0.271. The number of nitrogens with zero attached hydrogens (tertiary/aromatic N) is 6. The number of likely N-dealkylation sites (tertiary alicyclic amines) is 1. The van der Waals surface area contributed by atoms with Crippen LogP contribution < -0.4 is 15.4 Å². The normalized spacial score (nSPS) is 22.2. The highest BCUT2D eigenvalue weighted by Gasteiger charge is 2.42. The molecule has 2 fully saturated rings. The first-order valence-electron chi connectivity index (χ1n) is 14.6. The molecule has 0 aliphatic carbocycles. The number of aromatic nitrogens is 2. The summed E-state index contributed by atoms with van der Waals surface area (Å²) in [6.07, 6.45) is -4.63. The molecule has 5 rings (SSSR count). The molecule has 0 spiro atoms. The van der Waals surface area contributed by atoms with Gasteiger partial charge in [-0.15, -0.1) is 0 Å². The minimum atomic E-state index is -4.87. The first-order chi connectivity index (χ1) is 21.3. The standard InChI is InChI=1S/C30H34F5N7O3/c1-16-11-21(37)26(32)24(25(16)30(33,34)35)23-12-22-20(15-44-23)27(39-29(38-22)45-14-19-5-4-8-40(19)3)41-9-10-42(28(43)17(2)31)18(13-41)6-7-36/h11,18-19,23H,2,4-6,8-10,12-15,37H2,1,3H3. The minimum absolute atomic E-state index is 0.0163. The number of piperazine rings is 1. The van der Waals surface area contributed by atoms with Crippen molar-refractivity contribution in [1.29, 1.82) is 5.26 Å². The van der Waals surface area contributed by atoms with Gasteiger partial charge in [0.15, 0.2) is 11.6 Å². The molecule has 242 valence electrons. The third kappa shape index (κ3) is 6.53. The van der Waals surface area contributed by atoms with Crippen LogP contribution in [0.3, 0.4) is 0 Å². The van der Waals surface area contributed by atoms with Crippen LogP contribution in [-0.4, -0.2) is 77.6 Å². The van der Waals surface area contributed by atoms with E-state index in [1.54, 1.807) is 4.90 Å². The number of amides is 1. The van der Waals surface area contributed by atoms with Gasteiger partial charge in [0.1, 0.15) is 12.4 Å². The number of hydrogen-bond acceptors (Lipinski definition) is 9. The lowest BCUT2D eigenvalue weighted by atomic mass is 9.91. The first-order valence-corrected chi connectivity index (χ1v) is 14.6. The maximum absolute atomic E-state index is 15.3. The molecule has 10 nitrogen and oxygen atoms in total. The van der Waals surface area contributed by atoms with E-state index >= 15 is 4.39 Å². The smallest absolute Gasteiger partial charge is 0.417 e. The lowest BCUT2D eigenvalue weighted by molar-refractivity contribution is -0.140. The van der Waals surface area contributed by atoms with Gasteiger partial charge in [-0.25, -0.2) is 8.78 Å². The van der Waals surface area contributed by atoms with Crippen molar-refractivity contribution in [2.45, 2.75) is 63.6 Å². The number of rotatable bonds is 7. The zero-order chi connectivity index (χ0) is 32.6. The number of nitrogen functional groups attached to an aromatic ring is 1. The number of benzene rings is 1. The molecule has 2 N–H and O–H groups in total. The van der Waals surface area contributed by atoms with Gasteiger partial charge in [0.25, 0.3) is 5.91 Å². The van der Waals surface area contributed by atoms with Gasteiger partial charge in [-0.3, -0.25) is 4.79 Å². The topological polar surface area (TPSA) is 121 Å². The van der Waals surface area contributed by atoms with Crippen LogP contribution >= 0.6 is 0 Å². The molecule has 2 aromatic rings. The highest BCUT2D eigenvalue weighted by molar-refractivity contribution is 5.91. The van der Waals surface area contributed by atoms with Gasteiger partial charge in [-0.05, 0) is 45.0 Å². The zero-order valence-corrected chi connectivity index (χ0v) is 25.0. The van der Waals surface area contributed by atoms with Crippen molar-refractivity contribution in [3.63, 3.8) is 0 Å². The van der Waals surface area contributed by atoms with Gasteiger partial charge < -0.3 is 29.9 Å². The molecule has 15 heteroatoms. The van der Waals surface area contributed by atoms with Crippen LogP contribution in [0, 0.1) is 24.1 Å². The van der Waals surface area contributed by atoms with Crippen LogP contribution in [-0.2, 0) is 28.7 Å². The summed E-state index contributed by atoms with van der Waals surface area (Å²) in [5, 5.41) is 9.41. The summed E-state index contributed by atoms with van der Waals surface area (Å²) in [7, 11) is 1.98. The predicted molar refractivity (Wildman–Crippen MR) is 153 cm³/mol. The van der Waals surface area contributed by atoms with E-state index in [-0.39, 0.29) is 63.3 Å². The molecule has 3 unspecified atom stereocenters. The third-order valence-electron chi connectivity index (χ3n) is 8.67. The summed E-state index contributed by atoms with van der Waals surface area (Å²) in [6.45, 7) is 5.58. The Kier molecular flexibility index (Phi) is 9.18. The van der Waals surface area contributed by atoms with Gasteiger partial charge >= 0.3 is 12.2 Å². The van der Waals surface area contributed by atoms with Crippen molar-refractivity contribution in [3.05, 3.63) is 52.2 Å². The number of ether oxygens (including phenoxy) is 2. The number of alkyl halides is 3. The molecule has 3 atom stereocenters. The highest BCUT2D eigenvalue weighted by Crippen LogP contribution is 2.44. The monoisotopic (exact) mass is 635 g/mol. The molecule has 1 aromatic carbocycles. The number of halogens is 5. The Bertz CT molecular complexity index is 1530. The Balaban J connectivity index is 1.53. The van der Waals surface area contributed by atoms with Crippen molar-refractivity contribution < 1.29 is 36.2 Å². The van der Waals surface area contributed by atoms with Gasteiger partial charge in [0.05, 0.1) is 48.2 Å². The van der Waals surface area contributed by atoms with Crippen LogP contribution in [0.5, 0.6) is 6.01 Å². The van der Waals surface area contributed by atoms with E-state index in [0.29, 0.717) is 17.1 Å². The predicted octanol–water partition coefficient (Wildman–Crippen LogP) is 4.23. The Hall–Kier alpha value is -4.03. The molecular formula is C30H34F5N7O3. The van der Waals surface area contributed by atoms with E-state index < -0.39 is 52.7 Å². The van der Waals surface area contributed by atoms with Crippen LogP contribution in [0.15, 0.2) is 18.5 Å². The summed E-state index contributed by atoms with van der Waals surface area (Å²) in [6, 6.07) is 2.38. The van der Waals surface area contributed by atoms with E-state index in [0.717, 1.165) is 25.5 Å². The first kappa shape index (κ1) is 32.4. The Morgan fingerprint density at radius 2 is 2.02 bits per heavy atom. The molecule has 1 amide bonds. The van der Waals surface area contributed by atoms with E-state index in [4.69, 9.17) is 15.2 Å². The number of nitriles is 1. The molecule has 0 saturated carbocycles. The number of aryl methyl sites for hydroxylation is 1. The van der Waals surface area contributed by atoms with Crippen LogP contribution in [0.1, 0.15) is 53.3 Å². The largest absolute Gasteiger partial charge is 0.462 e. The van der Waals surface area contributed by atoms with E-state index in [1.165, 1.54) is 11.8 Å². The van der Waals surface area contributed by atoms with E-state index in [1.807, 2.05) is 13.1 Å². The molecule has 0 radical (unpaired) electrons. The van der Waals surface area contributed by atoms with Gasteiger partial charge in [0.2, 0.25) is 0 Å². The summed E-state index contributed by atoms with van der Waals surface area (Å²) in [4.78, 5) is 26.8. The van der Waals surface area contributed by atoms with Crippen molar-refractivity contribution in [2.75, 3.05) is 50.5 Å². The lowest BCUT2D eigenvalue weighted by Crippen LogP contribution is -2.55. The molecule has 3 aliphatic rings.